The highest BCUT2D eigenvalue weighted by Crippen LogP contribution is 2.21. The lowest BCUT2D eigenvalue weighted by Gasteiger charge is -2.13. The zero-order valence-electron chi connectivity index (χ0n) is 21.5. The quantitative estimate of drug-likeness (QED) is 0.110. The summed E-state index contributed by atoms with van der Waals surface area (Å²) < 4.78 is 11.1. The lowest BCUT2D eigenvalue weighted by atomic mass is 10.1. The molecule has 0 bridgehead atoms. The molecule has 1 aromatic heterocycles. The van der Waals surface area contributed by atoms with Crippen LogP contribution in [-0.4, -0.2) is 22.7 Å². The molecule has 0 saturated heterocycles. The molecule has 10 heteroatoms. The number of aromatic nitrogens is 2. The summed E-state index contributed by atoms with van der Waals surface area (Å²) in [5.74, 6) is -0.603. The van der Waals surface area contributed by atoms with Gasteiger partial charge in [0.2, 0.25) is 5.75 Å². The number of nitrogens with zero attached hydrogens (tertiary/aromatic N) is 1. The third-order valence-electron chi connectivity index (χ3n) is 5.25. The van der Waals surface area contributed by atoms with E-state index in [1.807, 2.05) is 68.4 Å². The van der Waals surface area contributed by atoms with E-state index in [-0.39, 0.29) is 37.2 Å². The van der Waals surface area contributed by atoms with E-state index < -0.39 is 11.5 Å². The van der Waals surface area contributed by atoms with Crippen molar-refractivity contribution in [1.82, 2.24) is 15.3 Å². The fraction of sp³-hybridized carbons (Fsp3) is 0.207. The van der Waals surface area contributed by atoms with Crippen LogP contribution in [0.5, 0.6) is 5.75 Å². The van der Waals surface area contributed by atoms with Crippen LogP contribution in [0.4, 0.5) is 0 Å². The molecule has 0 fully saturated rings. The van der Waals surface area contributed by atoms with Gasteiger partial charge in [0, 0.05) is 27.5 Å². The Morgan fingerprint density at radius 1 is 0.949 bits per heavy atom. The average molecular weight is 633 g/mol. The van der Waals surface area contributed by atoms with Gasteiger partial charge in [-0.1, -0.05) is 108 Å². The zero-order chi connectivity index (χ0) is 28.2. The predicted molar refractivity (Wildman–Crippen MR) is 159 cm³/mol. The lowest BCUT2D eigenvalue weighted by Crippen LogP contribution is -2.28. The number of hydrogen-bond donors (Lipinski definition) is 2. The number of amides is 1. The molecular formula is C29H28BrCl2N3O4. The largest absolute Gasteiger partial charge is 0.459 e. The van der Waals surface area contributed by atoms with Crippen LogP contribution in [0.1, 0.15) is 41.0 Å². The third kappa shape index (κ3) is 8.93. The second-order valence-corrected chi connectivity index (χ2v) is 9.41. The molecule has 0 atom stereocenters. The van der Waals surface area contributed by atoms with Crippen molar-refractivity contribution in [3.63, 3.8) is 0 Å². The monoisotopic (exact) mass is 631 g/mol. The second-order valence-electron chi connectivity index (χ2n) is 7.98. The summed E-state index contributed by atoms with van der Waals surface area (Å²) in [6.45, 7) is 4.15. The van der Waals surface area contributed by atoms with Crippen molar-refractivity contribution < 1.29 is 14.3 Å². The minimum atomic E-state index is -0.603. The number of benzene rings is 3. The summed E-state index contributed by atoms with van der Waals surface area (Å²) in [6, 6.07) is 21.9. The van der Waals surface area contributed by atoms with E-state index in [2.05, 4.69) is 31.2 Å². The number of hydrogen-bond acceptors (Lipinski definition) is 5. The number of ether oxygens (including phenoxy) is 2. The molecule has 4 rings (SSSR count). The van der Waals surface area contributed by atoms with Crippen LogP contribution in [0.3, 0.4) is 0 Å². The number of nitrogens with one attached hydrogen (secondary N) is 2. The molecule has 0 saturated carbocycles. The Balaban J connectivity index is 0.00000205. The molecule has 7 nitrogen and oxygen atoms in total. The van der Waals surface area contributed by atoms with Gasteiger partial charge in [0.15, 0.2) is 12.5 Å². The Hall–Kier alpha value is -3.17. The summed E-state index contributed by atoms with van der Waals surface area (Å²) in [7, 11) is 0. The Labute approximate surface area is 245 Å². The first-order chi connectivity index (χ1) is 18.9. The summed E-state index contributed by atoms with van der Waals surface area (Å²) in [4.78, 5) is 33.3. The first-order valence-corrected chi connectivity index (χ1v) is 14.1. The Morgan fingerprint density at radius 2 is 1.62 bits per heavy atom. The van der Waals surface area contributed by atoms with Crippen LogP contribution in [-0.2, 0) is 23.2 Å². The maximum absolute atomic E-state index is 13.2. The highest BCUT2D eigenvalue weighted by molar-refractivity contribution is 9.08. The van der Waals surface area contributed by atoms with Crippen molar-refractivity contribution >= 4 is 45.0 Å². The molecule has 0 radical (unpaired) electrons. The third-order valence-corrected chi connectivity index (χ3v) is 6.33. The van der Waals surface area contributed by atoms with Gasteiger partial charge in [0.05, 0.1) is 6.61 Å². The number of carbonyl (C=O) groups is 1. The lowest BCUT2D eigenvalue weighted by molar-refractivity contribution is 0.00354. The maximum Gasteiger partial charge on any atom is 0.294 e. The van der Waals surface area contributed by atoms with Crippen LogP contribution in [0.2, 0.25) is 10.0 Å². The predicted octanol–water partition coefficient (Wildman–Crippen LogP) is 7.15. The number of aromatic amines is 1. The van der Waals surface area contributed by atoms with E-state index in [4.69, 9.17) is 32.7 Å². The standard InChI is InChI=1S/C27H22BrCl2N3O4.C2H6/c28-13-17-6-8-20(9-7-17)25-32-23(26(34)31-14-19-10-21(29)12-22(30)11-19)24(27(35)33-25)37-16-36-15-18-4-2-1-3-5-18;1-2/h1-12H,13-16H2,(H,31,34)(H,32,33,35);1-2H3. The molecule has 0 aliphatic carbocycles. The normalized spacial score (nSPS) is 10.4. The van der Waals surface area contributed by atoms with Crippen LogP contribution < -0.4 is 15.6 Å². The molecule has 39 heavy (non-hydrogen) atoms. The van der Waals surface area contributed by atoms with Crippen LogP contribution in [0.25, 0.3) is 11.4 Å². The van der Waals surface area contributed by atoms with Gasteiger partial charge >= 0.3 is 0 Å². The van der Waals surface area contributed by atoms with Gasteiger partial charge in [-0.05, 0) is 34.9 Å². The number of carbonyl (C=O) groups excluding carboxylic acids is 1. The fourth-order valence-corrected chi connectivity index (χ4v) is 4.40. The molecular weight excluding hydrogens is 605 g/mol. The maximum atomic E-state index is 13.2. The van der Waals surface area contributed by atoms with Gasteiger partial charge in [-0.25, -0.2) is 4.98 Å². The van der Waals surface area contributed by atoms with E-state index in [0.29, 0.717) is 26.5 Å². The highest BCUT2D eigenvalue weighted by Gasteiger charge is 2.21. The van der Waals surface area contributed by atoms with Crippen molar-refractivity contribution in [3.8, 4) is 17.1 Å². The van der Waals surface area contributed by atoms with Crippen molar-refractivity contribution in [2.24, 2.45) is 0 Å². The fourth-order valence-electron chi connectivity index (χ4n) is 3.45. The van der Waals surface area contributed by atoms with Crippen LogP contribution in [0, 0.1) is 0 Å². The van der Waals surface area contributed by atoms with Crippen molar-refractivity contribution in [2.45, 2.75) is 32.3 Å². The average Bonchev–Trinajstić information content (AvgIpc) is 2.95. The molecule has 2 N–H and O–H groups in total. The minimum Gasteiger partial charge on any atom is -0.459 e. The van der Waals surface area contributed by atoms with E-state index in [0.717, 1.165) is 11.1 Å². The van der Waals surface area contributed by atoms with Crippen molar-refractivity contribution in [3.05, 3.63) is 116 Å². The summed E-state index contributed by atoms with van der Waals surface area (Å²) in [5, 5.41) is 4.33. The SMILES string of the molecule is CC.O=C(NCc1cc(Cl)cc(Cl)c1)c1nc(-c2ccc(CBr)cc2)[nH]c(=O)c1OCOCc1ccccc1. The van der Waals surface area contributed by atoms with Crippen LogP contribution in [0.15, 0.2) is 77.6 Å². The van der Waals surface area contributed by atoms with E-state index >= 15 is 0 Å². The van der Waals surface area contributed by atoms with Gasteiger partial charge in [-0.15, -0.1) is 0 Å². The topological polar surface area (TPSA) is 93.3 Å². The Bertz CT molecular complexity index is 1410. The molecule has 0 unspecified atom stereocenters. The van der Waals surface area contributed by atoms with Crippen molar-refractivity contribution in [1.29, 1.82) is 0 Å². The molecule has 0 spiro atoms. The van der Waals surface area contributed by atoms with E-state index in [9.17, 15) is 9.59 Å². The molecule has 3 aromatic carbocycles. The van der Waals surface area contributed by atoms with Gasteiger partial charge in [-0.2, -0.15) is 0 Å². The van der Waals surface area contributed by atoms with E-state index in [1.54, 1.807) is 18.2 Å². The molecule has 4 aromatic rings. The molecule has 0 aliphatic rings. The molecule has 0 aliphatic heterocycles. The molecule has 1 heterocycles. The minimum absolute atomic E-state index is 0.118. The number of rotatable bonds is 10. The number of H-pyrrole nitrogens is 1. The van der Waals surface area contributed by atoms with E-state index in [1.165, 1.54) is 0 Å². The van der Waals surface area contributed by atoms with Crippen molar-refractivity contribution in [2.75, 3.05) is 6.79 Å². The first kappa shape index (κ1) is 30.4. The first-order valence-electron chi connectivity index (χ1n) is 12.2. The number of alkyl halides is 1. The second kappa shape index (κ2) is 15.4. The van der Waals surface area contributed by atoms with Gasteiger partial charge in [-0.3, -0.25) is 9.59 Å². The van der Waals surface area contributed by atoms with Gasteiger partial charge < -0.3 is 19.8 Å². The molecule has 1 amide bonds. The summed E-state index contributed by atoms with van der Waals surface area (Å²) in [6.07, 6.45) is 0. The van der Waals surface area contributed by atoms with Crippen LogP contribution >= 0.6 is 39.1 Å². The highest BCUT2D eigenvalue weighted by atomic mass is 79.9. The van der Waals surface area contributed by atoms with Gasteiger partial charge in [0.1, 0.15) is 5.82 Å². The smallest absolute Gasteiger partial charge is 0.294 e. The van der Waals surface area contributed by atoms with Gasteiger partial charge in [0.25, 0.3) is 11.5 Å². The summed E-state index contributed by atoms with van der Waals surface area (Å²) in [5.41, 5.74) is 2.56. The number of halogens is 3. The zero-order valence-corrected chi connectivity index (χ0v) is 24.6. The Morgan fingerprint density at radius 3 is 2.26 bits per heavy atom. The summed E-state index contributed by atoms with van der Waals surface area (Å²) >= 11 is 15.5. The Kier molecular flexibility index (Phi) is 12.0. The molecule has 204 valence electrons.